The van der Waals surface area contributed by atoms with E-state index in [9.17, 15) is 51.9 Å². The number of rotatable bonds is 6. The van der Waals surface area contributed by atoms with Crippen molar-refractivity contribution in [3.05, 3.63) is 280 Å². The quantitative estimate of drug-likeness (QED) is 0.0666. The van der Waals surface area contributed by atoms with Crippen LogP contribution in [0.4, 0.5) is 0 Å². The molecule has 0 saturated heterocycles. The molecule has 18 nitrogen and oxygen atoms in total. The van der Waals surface area contributed by atoms with E-state index < -0.39 is 50.3 Å². The Bertz CT molecular complexity index is 6210. The van der Waals surface area contributed by atoms with Crippen LogP contribution in [-0.2, 0) is 40.5 Å². The van der Waals surface area contributed by atoms with Crippen molar-refractivity contribution in [1.29, 1.82) is 0 Å². The molecule has 90 heavy (non-hydrogen) atoms. The molecule has 18 bridgehead atoms. The van der Waals surface area contributed by atoms with Crippen LogP contribution < -0.4 is 0 Å². The number of nitrogens with zero attached hydrogens (tertiary/aromatic N) is 4. The largest absolute Gasteiger partial charge is 0.354 e. The predicted octanol–water partition coefficient (Wildman–Crippen LogP) is 12.1. The van der Waals surface area contributed by atoms with Crippen LogP contribution in [0.15, 0.2) is 214 Å². The van der Waals surface area contributed by atoms with Gasteiger partial charge in [-0.05, 0) is 152 Å². The summed E-state index contributed by atoms with van der Waals surface area (Å²) in [5, 5.41) is 7.97. The van der Waals surface area contributed by atoms with Gasteiger partial charge in [0, 0.05) is 64.8 Å². The smallest absolute Gasteiger partial charge is 0.294 e. The second kappa shape index (κ2) is 20.6. The minimum atomic E-state index is -4.87. The van der Waals surface area contributed by atoms with E-state index in [-0.39, 0.29) is 31.6 Å². The molecule has 11 heterocycles. The molecular weight excluding hydrogens is 1220 g/mol. The average molecular weight is 1260 g/mol. The van der Waals surface area contributed by atoms with E-state index in [2.05, 4.69) is 9.97 Å². The Kier molecular flexibility index (Phi) is 12.8. The highest BCUT2D eigenvalue weighted by Gasteiger charge is 2.20. The third-order valence-corrected chi connectivity index (χ3v) is 19.7. The molecule has 18 rings (SSSR count). The summed E-state index contributed by atoms with van der Waals surface area (Å²) in [6.07, 6.45) is 6.87. The highest BCUT2D eigenvalue weighted by molar-refractivity contribution is 7.86. The molecule has 7 aromatic carbocycles. The van der Waals surface area contributed by atoms with Crippen molar-refractivity contribution in [2.45, 2.75) is 19.6 Å². The number of aromatic nitrogens is 6. The molecule has 0 atom stereocenters. The van der Waals surface area contributed by atoms with Crippen LogP contribution in [0.5, 0.6) is 0 Å². The van der Waals surface area contributed by atoms with E-state index in [1.54, 1.807) is 60.7 Å². The van der Waals surface area contributed by atoms with Gasteiger partial charge in [-0.2, -0.15) is 33.7 Å². The van der Waals surface area contributed by atoms with Crippen molar-refractivity contribution in [3.8, 4) is 22.3 Å². The number of nitrogens with one attached hydrogen (secondary N) is 2. The molecule has 440 valence electrons. The third kappa shape index (κ3) is 9.89. The van der Waals surface area contributed by atoms with Gasteiger partial charge < -0.3 is 9.97 Å². The Balaban J connectivity index is 1.26. The van der Waals surface area contributed by atoms with Crippen LogP contribution in [0.25, 0.3) is 90.4 Å². The predicted molar refractivity (Wildman–Crippen MR) is 338 cm³/mol. The van der Waals surface area contributed by atoms with E-state index in [4.69, 9.17) is 19.9 Å². The molecule has 0 fully saturated rings. The van der Waals surface area contributed by atoms with Crippen LogP contribution in [-0.4, -0.2) is 81.8 Å². The number of pyridine rings is 2. The maximum Gasteiger partial charge on any atom is 0.294 e. The molecule has 0 amide bonds. The van der Waals surface area contributed by atoms with Gasteiger partial charge in [0.15, 0.2) is 0 Å². The number of hydrogen-bond donors (Lipinski definition) is 6. The summed E-state index contributed by atoms with van der Waals surface area (Å²) in [6.45, 7) is 0. The van der Waals surface area contributed by atoms with Gasteiger partial charge in [-0.3, -0.25) is 18.2 Å². The van der Waals surface area contributed by atoms with E-state index in [0.717, 1.165) is 21.2 Å². The Morgan fingerprint density at radius 1 is 0.289 bits per heavy atom. The number of hydrogen-bond acceptors (Lipinski definition) is 12. The van der Waals surface area contributed by atoms with Gasteiger partial charge in [-0.1, -0.05) is 109 Å². The SMILES string of the molecule is O=S(=O)(O)c1ccc(-c2c3nc(c4c5ccc([nH]5)c(-c5ccc(S(=O)(=O)O)cc5)c5nc(c(c6ccc2[nH]6)=c2cc(S(=O)(=O)O)ccc2=c2ccc(cc2)=c2ccc6ccc7ccc(nc7c6n2)=c2ccc(cc2)=c2ccc(S(=O)(=O)O)cc2=4)C=C5)C=C3)cc1. The van der Waals surface area contributed by atoms with Crippen molar-refractivity contribution < 1.29 is 51.9 Å². The van der Waals surface area contributed by atoms with Crippen LogP contribution in [0.3, 0.4) is 0 Å². The fraction of sp³-hybridized carbons (Fsp3) is 0. The van der Waals surface area contributed by atoms with E-state index in [1.807, 2.05) is 84.9 Å². The number of aromatic amines is 2. The Morgan fingerprint density at radius 2 is 0.611 bits per heavy atom. The summed E-state index contributed by atoms with van der Waals surface area (Å²) in [6, 6.07) is 53.3. The summed E-state index contributed by atoms with van der Waals surface area (Å²) in [7, 11) is -19.1. The van der Waals surface area contributed by atoms with Crippen molar-refractivity contribution >= 4 is 109 Å². The van der Waals surface area contributed by atoms with Crippen molar-refractivity contribution in [3.63, 3.8) is 0 Å². The molecule has 22 heteroatoms. The molecular formula is C68H42N6O12S4. The topological polar surface area (TPSA) is 301 Å². The summed E-state index contributed by atoms with van der Waals surface area (Å²) >= 11 is 0. The Hall–Kier alpha value is -10.4. The first-order chi connectivity index (χ1) is 43.1. The van der Waals surface area contributed by atoms with Gasteiger partial charge in [0.25, 0.3) is 40.5 Å². The van der Waals surface area contributed by atoms with Gasteiger partial charge in [-0.15, -0.1) is 0 Å². The van der Waals surface area contributed by atoms with Crippen LogP contribution in [0, 0.1) is 62.9 Å². The summed E-state index contributed by atoms with van der Waals surface area (Å²) in [5.41, 5.74) is 5.60. The lowest BCUT2D eigenvalue weighted by molar-refractivity contribution is 0.481. The first-order valence-electron chi connectivity index (χ1n) is 27.6. The van der Waals surface area contributed by atoms with E-state index in [0.29, 0.717) is 109 Å². The highest BCUT2D eigenvalue weighted by Crippen LogP contribution is 2.35. The van der Waals surface area contributed by atoms with E-state index >= 15 is 0 Å². The molecule has 6 N–H and O–H groups in total. The Labute approximate surface area is 508 Å². The minimum Gasteiger partial charge on any atom is -0.354 e. The second-order valence-electron chi connectivity index (χ2n) is 21.6. The Morgan fingerprint density at radius 3 is 0.978 bits per heavy atom. The first kappa shape index (κ1) is 56.1. The fourth-order valence-corrected chi connectivity index (χ4v) is 14.0. The maximum absolute atomic E-state index is 13.3. The van der Waals surface area contributed by atoms with Crippen molar-refractivity contribution in [2.24, 2.45) is 0 Å². The molecule has 0 saturated carbocycles. The zero-order valence-electron chi connectivity index (χ0n) is 46.3. The molecule has 0 aliphatic carbocycles. The standard InChI is InChI=1S/C68H42N6O12S4/c75-87(76,77)45-17-11-41(12-18-45)63-55-27-31-59(69-55)65-51-35-47(89(81,82)83)21-23-49(51)37-1-5-39(6-2-37)53-25-15-43-9-10-44-16-26-54(74-68(44)67(43)73-53)40-7-3-38(4-8-40)50-24-22-48(90(84,85)86)36-52(50)66(61-33-29-57(63)71-61)62-34-30-58(72-62)64(56-28-32-60(65)70-56)42-13-19-46(20-14-42)88(78,79)80/h1-36,69,72H,(H,75,76,77)(H,78,79,80)(H,81,82,83)(H,84,85,86). The number of H-pyrrole nitrogens is 2. The number of fused-ring (bicyclic) bond motifs is 2. The van der Waals surface area contributed by atoms with E-state index in [1.165, 1.54) is 72.8 Å². The van der Waals surface area contributed by atoms with Crippen LogP contribution in [0.1, 0.15) is 22.8 Å². The normalized spacial score (nSPS) is 12.9. The maximum atomic E-state index is 13.3. The molecule has 6 aliphatic heterocycles. The lowest BCUT2D eigenvalue weighted by atomic mass is 10.0. The molecule has 5 aromatic heterocycles. The van der Waals surface area contributed by atoms with Crippen molar-refractivity contribution in [1.82, 2.24) is 29.9 Å². The zero-order chi connectivity index (χ0) is 62.2. The second-order valence-corrected chi connectivity index (χ2v) is 27.3. The minimum absolute atomic E-state index is 0.272. The number of benzene rings is 7. The van der Waals surface area contributed by atoms with Gasteiger partial charge in [0.1, 0.15) is 0 Å². The zero-order valence-corrected chi connectivity index (χ0v) is 49.5. The lowest BCUT2D eigenvalue weighted by Crippen LogP contribution is -1.99. The summed E-state index contributed by atoms with van der Waals surface area (Å²) in [4.78, 5) is 26.5. The van der Waals surface area contributed by atoms with Gasteiger partial charge in [0.2, 0.25) is 0 Å². The van der Waals surface area contributed by atoms with Crippen LogP contribution in [0.2, 0.25) is 0 Å². The summed E-state index contributed by atoms with van der Waals surface area (Å²) in [5.74, 6) is 0. The molecule has 0 spiro atoms. The molecule has 6 aliphatic rings. The first-order valence-corrected chi connectivity index (χ1v) is 33.3. The van der Waals surface area contributed by atoms with Gasteiger partial charge >= 0.3 is 0 Å². The van der Waals surface area contributed by atoms with Crippen molar-refractivity contribution in [2.75, 3.05) is 0 Å². The average Bonchev–Trinajstić information content (AvgIpc) is 1.46. The highest BCUT2D eigenvalue weighted by atomic mass is 32.2. The summed E-state index contributed by atoms with van der Waals surface area (Å²) < 4.78 is 145. The molecule has 0 radical (unpaired) electrons. The van der Waals surface area contributed by atoms with Crippen LogP contribution >= 0.6 is 0 Å². The molecule has 0 unspecified atom stereocenters. The third-order valence-electron chi connectivity index (χ3n) is 16.3. The molecule has 12 aromatic rings. The monoisotopic (exact) mass is 1260 g/mol. The van der Waals surface area contributed by atoms with Gasteiger partial charge in [-0.25, -0.2) is 19.9 Å². The van der Waals surface area contributed by atoms with Gasteiger partial charge in [0.05, 0.1) is 64.1 Å². The lowest BCUT2D eigenvalue weighted by Gasteiger charge is -2.06. The fourth-order valence-electron chi connectivity index (χ4n) is 12.0.